The van der Waals surface area contributed by atoms with Crippen LogP contribution < -0.4 is 0 Å². The van der Waals surface area contributed by atoms with Gasteiger partial charge in [-0.05, 0) is 24.6 Å². The summed E-state index contributed by atoms with van der Waals surface area (Å²) in [4.78, 5) is 13.6. The SMILES string of the molecule is CCc1ccccc1[C@H](C(=O)O)N(C)Cc1cnn(C)c1. The second kappa shape index (κ2) is 6.54. The Kier molecular flexibility index (Phi) is 4.75. The number of likely N-dealkylation sites (N-methyl/N-ethyl adjacent to an activating group) is 1. The molecule has 5 heteroatoms. The first-order valence-electron chi connectivity index (χ1n) is 7.01. The monoisotopic (exact) mass is 287 g/mol. The van der Waals surface area contributed by atoms with Gasteiger partial charge in [0.05, 0.1) is 6.20 Å². The van der Waals surface area contributed by atoms with Gasteiger partial charge in [0.2, 0.25) is 0 Å². The van der Waals surface area contributed by atoms with Gasteiger partial charge in [-0.2, -0.15) is 5.10 Å². The molecule has 2 rings (SSSR count). The molecule has 0 saturated carbocycles. The van der Waals surface area contributed by atoms with Gasteiger partial charge in [0, 0.05) is 25.4 Å². The highest BCUT2D eigenvalue weighted by Crippen LogP contribution is 2.25. The van der Waals surface area contributed by atoms with Crippen molar-refractivity contribution in [2.24, 2.45) is 7.05 Å². The van der Waals surface area contributed by atoms with Gasteiger partial charge in [-0.25, -0.2) is 0 Å². The van der Waals surface area contributed by atoms with Crippen LogP contribution in [0.2, 0.25) is 0 Å². The van der Waals surface area contributed by atoms with E-state index in [1.165, 1.54) is 0 Å². The number of carboxylic acids is 1. The van der Waals surface area contributed by atoms with Gasteiger partial charge in [0.25, 0.3) is 0 Å². The van der Waals surface area contributed by atoms with Crippen LogP contribution in [0.15, 0.2) is 36.7 Å². The maximum atomic E-state index is 11.7. The Morgan fingerprint density at radius 2 is 2.14 bits per heavy atom. The van der Waals surface area contributed by atoms with E-state index in [-0.39, 0.29) is 0 Å². The Balaban J connectivity index is 2.28. The Morgan fingerprint density at radius 1 is 1.43 bits per heavy atom. The number of benzene rings is 1. The van der Waals surface area contributed by atoms with Crippen LogP contribution in [0, 0.1) is 0 Å². The fraction of sp³-hybridized carbons (Fsp3) is 0.375. The number of nitrogens with zero attached hydrogens (tertiary/aromatic N) is 3. The van der Waals surface area contributed by atoms with Crippen LogP contribution in [0.25, 0.3) is 0 Å². The van der Waals surface area contributed by atoms with Crippen LogP contribution >= 0.6 is 0 Å². The second-order valence-electron chi connectivity index (χ2n) is 5.23. The molecule has 0 radical (unpaired) electrons. The molecule has 0 unspecified atom stereocenters. The highest BCUT2D eigenvalue weighted by Gasteiger charge is 2.26. The molecule has 112 valence electrons. The maximum Gasteiger partial charge on any atom is 0.325 e. The number of hydrogen-bond acceptors (Lipinski definition) is 3. The Morgan fingerprint density at radius 3 is 2.71 bits per heavy atom. The molecule has 2 aromatic rings. The van der Waals surface area contributed by atoms with Crippen LogP contribution in [0.3, 0.4) is 0 Å². The fourth-order valence-corrected chi connectivity index (χ4v) is 2.61. The average molecular weight is 287 g/mol. The lowest BCUT2D eigenvalue weighted by atomic mass is 9.97. The van der Waals surface area contributed by atoms with E-state index < -0.39 is 12.0 Å². The topological polar surface area (TPSA) is 58.4 Å². The molecule has 0 amide bonds. The van der Waals surface area contributed by atoms with Crippen molar-refractivity contribution in [3.8, 4) is 0 Å². The smallest absolute Gasteiger partial charge is 0.325 e. The van der Waals surface area contributed by atoms with Crippen molar-refractivity contribution in [3.05, 3.63) is 53.3 Å². The highest BCUT2D eigenvalue weighted by atomic mass is 16.4. The number of aromatic nitrogens is 2. The lowest BCUT2D eigenvalue weighted by Gasteiger charge is -2.26. The second-order valence-corrected chi connectivity index (χ2v) is 5.23. The third kappa shape index (κ3) is 3.49. The molecule has 0 spiro atoms. The zero-order valence-electron chi connectivity index (χ0n) is 12.7. The summed E-state index contributed by atoms with van der Waals surface area (Å²) < 4.78 is 1.72. The third-order valence-corrected chi connectivity index (χ3v) is 3.60. The number of aryl methyl sites for hydroxylation is 2. The van der Waals surface area contributed by atoms with Crippen molar-refractivity contribution in [2.75, 3.05) is 7.05 Å². The van der Waals surface area contributed by atoms with Gasteiger partial charge in [-0.1, -0.05) is 31.2 Å². The summed E-state index contributed by atoms with van der Waals surface area (Å²) in [6.45, 7) is 2.59. The van der Waals surface area contributed by atoms with Crippen molar-refractivity contribution in [1.29, 1.82) is 0 Å². The minimum atomic E-state index is -0.831. The van der Waals surface area contributed by atoms with E-state index in [0.29, 0.717) is 6.54 Å². The molecule has 21 heavy (non-hydrogen) atoms. The normalized spacial score (nSPS) is 12.6. The number of rotatable bonds is 6. The summed E-state index contributed by atoms with van der Waals surface area (Å²) in [6.07, 6.45) is 4.49. The predicted molar refractivity (Wildman–Crippen MR) is 80.9 cm³/mol. The van der Waals surface area contributed by atoms with E-state index in [9.17, 15) is 9.90 Å². The predicted octanol–water partition coefficient (Wildman–Crippen LogP) is 2.24. The summed E-state index contributed by atoms with van der Waals surface area (Å²) in [6, 6.07) is 7.08. The minimum absolute atomic E-state index is 0.544. The zero-order chi connectivity index (χ0) is 15.4. The van der Waals surface area contributed by atoms with E-state index in [2.05, 4.69) is 5.10 Å². The van der Waals surface area contributed by atoms with Gasteiger partial charge in [-0.15, -0.1) is 0 Å². The van der Waals surface area contributed by atoms with E-state index in [0.717, 1.165) is 23.1 Å². The zero-order valence-corrected chi connectivity index (χ0v) is 12.7. The summed E-state index contributed by atoms with van der Waals surface area (Å²) in [5.74, 6) is -0.831. The highest BCUT2D eigenvalue weighted by molar-refractivity contribution is 5.76. The molecule has 0 aliphatic carbocycles. The van der Waals surface area contributed by atoms with E-state index in [1.807, 2.05) is 56.4 Å². The molecular weight excluding hydrogens is 266 g/mol. The first kappa shape index (κ1) is 15.3. The molecule has 5 nitrogen and oxygen atoms in total. The summed E-state index contributed by atoms with van der Waals surface area (Å²) in [7, 11) is 3.68. The van der Waals surface area contributed by atoms with Gasteiger partial charge in [-0.3, -0.25) is 14.4 Å². The molecule has 0 aliphatic heterocycles. The quantitative estimate of drug-likeness (QED) is 0.885. The largest absolute Gasteiger partial charge is 0.480 e. The van der Waals surface area contributed by atoms with Crippen molar-refractivity contribution in [2.45, 2.75) is 25.9 Å². The molecular formula is C16H21N3O2. The molecule has 1 heterocycles. The summed E-state index contributed by atoms with van der Waals surface area (Å²) in [5.41, 5.74) is 2.93. The first-order chi connectivity index (χ1) is 10.0. The average Bonchev–Trinajstić information content (AvgIpc) is 2.84. The van der Waals surface area contributed by atoms with E-state index in [4.69, 9.17) is 0 Å². The van der Waals surface area contributed by atoms with Crippen LogP contribution in [-0.4, -0.2) is 32.8 Å². The lowest BCUT2D eigenvalue weighted by Crippen LogP contribution is -2.31. The molecule has 1 N–H and O–H groups in total. The number of hydrogen-bond donors (Lipinski definition) is 1. The minimum Gasteiger partial charge on any atom is -0.480 e. The van der Waals surface area contributed by atoms with Crippen molar-refractivity contribution < 1.29 is 9.90 Å². The van der Waals surface area contributed by atoms with Gasteiger partial charge < -0.3 is 5.11 Å². The van der Waals surface area contributed by atoms with Crippen LogP contribution in [0.4, 0.5) is 0 Å². The summed E-state index contributed by atoms with van der Waals surface area (Å²) in [5, 5.41) is 13.8. The molecule has 0 aliphatic rings. The molecule has 1 aromatic carbocycles. The standard InChI is InChI=1S/C16H21N3O2/c1-4-13-7-5-6-8-14(13)15(16(20)21)18(2)10-12-9-17-19(3)11-12/h5-9,11,15H,4,10H2,1-3H3,(H,20,21)/t15-/m1/s1. The number of carboxylic acid groups (broad SMARTS) is 1. The number of aliphatic carboxylic acids is 1. The molecule has 0 fully saturated rings. The van der Waals surface area contributed by atoms with Crippen LogP contribution in [0.5, 0.6) is 0 Å². The first-order valence-corrected chi connectivity index (χ1v) is 7.01. The molecule has 0 bridgehead atoms. The third-order valence-electron chi connectivity index (χ3n) is 3.60. The van der Waals surface area contributed by atoms with Crippen LogP contribution in [0.1, 0.15) is 29.7 Å². The van der Waals surface area contributed by atoms with Crippen LogP contribution in [-0.2, 0) is 24.8 Å². The lowest BCUT2D eigenvalue weighted by molar-refractivity contribution is -0.143. The van der Waals surface area contributed by atoms with Gasteiger partial charge in [0.15, 0.2) is 0 Å². The van der Waals surface area contributed by atoms with E-state index >= 15 is 0 Å². The van der Waals surface area contributed by atoms with Gasteiger partial charge in [0.1, 0.15) is 6.04 Å². The Bertz CT molecular complexity index is 621. The Labute approximate surface area is 124 Å². The molecule has 1 aromatic heterocycles. The fourth-order valence-electron chi connectivity index (χ4n) is 2.61. The van der Waals surface area contributed by atoms with E-state index in [1.54, 1.807) is 10.9 Å². The molecule has 0 saturated heterocycles. The van der Waals surface area contributed by atoms with Crippen molar-refractivity contribution in [3.63, 3.8) is 0 Å². The van der Waals surface area contributed by atoms with Crippen molar-refractivity contribution in [1.82, 2.24) is 14.7 Å². The molecule has 1 atom stereocenters. The Hall–Kier alpha value is -2.14. The van der Waals surface area contributed by atoms with Crippen molar-refractivity contribution >= 4 is 5.97 Å². The maximum absolute atomic E-state index is 11.7. The number of carbonyl (C=O) groups is 1. The summed E-state index contributed by atoms with van der Waals surface area (Å²) >= 11 is 0. The van der Waals surface area contributed by atoms with Gasteiger partial charge >= 0.3 is 5.97 Å².